The van der Waals surface area contributed by atoms with Gasteiger partial charge in [0.25, 0.3) is 5.91 Å². The fourth-order valence-corrected chi connectivity index (χ4v) is 2.42. The van der Waals surface area contributed by atoms with E-state index in [1.807, 2.05) is 18.2 Å². The lowest BCUT2D eigenvalue weighted by Crippen LogP contribution is -2.40. The first-order chi connectivity index (χ1) is 10.9. The van der Waals surface area contributed by atoms with Gasteiger partial charge in [-0.15, -0.1) is 0 Å². The molecule has 6 heteroatoms. The summed E-state index contributed by atoms with van der Waals surface area (Å²) in [6, 6.07) is 13.9. The van der Waals surface area contributed by atoms with Crippen LogP contribution in [0.25, 0.3) is 0 Å². The molecule has 0 aliphatic rings. The molecule has 0 saturated carbocycles. The Bertz CT molecular complexity index is 675. The van der Waals surface area contributed by atoms with Crippen LogP contribution in [0.3, 0.4) is 0 Å². The summed E-state index contributed by atoms with van der Waals surface area (Å²) in [7, 11) is 0. The molecular formula is C17H17Cl2NO3. The minimum absolute atomic E-state index is 0.0769. The molecule has 0 aliphatic carbocycles. The highest BCUT2D eigenvalue weighted by atomic mass is 35.5. The molecule has 2 aromatic rings. The molecule has 1 atom stereocenters. The minimum Gasteiger partial charge on any atom is -0.482 e. The van der Waals surface area contributed by atoms with Crippen molar-refractivity contribution in [3.63, 3.8) is 0 Å². The highest BCUT2D eigenvalue weighted by Crippen LogP contribution is 2.27. The van der Waals surface area contributed by atoms with Gasteiger partial charge in [0.2, 0.25) is 0 Å². The number of carbonyl (C=O) groups is 1. The Hall–Kier alpha value is -1.75. The van der Waals surface area contributed by atoms with Crippen molar-refractivity contribution < 1.29 is 14.6 Å². The minimum atomic E-state index is -1.16. The molecule has 122 valence electrons. The van der Waals surface area contributed by atoms with E-state index in [0.717, 1.165) is 5.56 Å². The van der Waals surface area contributed by atoms with E-state index in [1.165, 1.54) is 6.07 Å². The van der Waals surface area contributed by atoms with Crippen molar-refractivity contribution in [1.82, 2.24) is 5.32 Å². The molecule has 0 heterocycles. The first-order valence-corrected chi connectivity index (χ1v) is 7.76. The van der Waals surface area contributed by atoms with E-state index in [9.17, 15) is 9.90 Å². The van der Waals surface area contributed by atoms with Gasteiger partial charge in [0.1, 0.15) is 11.4 Å². The van der Waals surface area contributed by atoms with E-state index in [4.69, 9.17) is 27.9 Å². The van der Waals surface area contributed by atoms with Crippen LogP contribution in [0, 0.1) is 0 Å². The molecule has 0 fully saturated rings. The second-order valence-electron chi connectivity index (χ2n) is 5.28. The molecule has 2 rings (SSSR count). The van der Waals surface area contributed by atoms with Gasteiger partial charge in [-0.2, -0.15) is 0 Å². The monoisotopic (exact) mass is 353 g/mol. The predicted octanol–water partition coefficient (Wildman–Crippen LogP) is 3.40. The average molecular weight is 354 g/mol. The largest absolute Gasteiger partial charge is 0.482 e. The lowest BCUT2D eigenvalue weighted by atomic mass is 9.96. The topological polar surface area (TPSA) is 58.6 Å². The fraction of sp³-hybridized carbons (Fsp3) is 0.235. The summed E-state index contributed by atoms with van der Waals surface area (Å²) >= 11 is 11.8. The van der Waals surface area contributed by atoms with Crippen LogP contribution in [-0.2, 0) is 10.4 Å². The third-order valence-corrected chi connectivity index (χ3v) is 3.81. The van der Waals surface area contributed by atoms with Gasteiger partial charge in [0.15, 0.2) is 6.61 Å². The van der Waals surface area contributed by atoms with Crippen LogP contribution in [0.2, 0.25) is 10.0 Å². The SMILES string of the molecule is CC(O)(CNC(=O)COc1ccc(Cl)cc1Cl)c1ccccc1. The summed E-state index contributed by atoms with van der Waals surface area (Å²) < 4.78 is 5.34. The van der Waals surface area contributed by atoms with Crippen molar-refractivity contribution in [2.75, 3.05) is 13.2 Å². The Kier molecular flexibility index (Phi) is 5.88. The van der Waals surface area contributed by atoms with Crippen molar-refractivity contribution in [1.29, 1.82) is 0 Å². The maximum absolute atomic E-state index is 11.9. The number of amides is 1. The highest BCUT2D eigenvalue weighted by Gasteiger charge is 2.23. The standard InChI is InChI=1S/C17H17Cl2NO3/c1-17(22,12-5-3-2-4-6-12)11-20-16(21)10-23-15-8-7-13(18)9-14(15)19/h2-9,22H,10-11H2,1H3,(H,20,21). The number of hydrogen-bond donors (Lipinski definition) is 2. The molecule has 1 unspecified atom stereocenters. The second-order valence-corrected chi connectivity index (χ2v) is 6.12. The van der Waals surface area contributed by atoms with Gasteiger partial charge in [-0.1, -0.05) is 53.5 Å². The molecule has 0 aliphatic heterocycles. The van der Waals surface area contributed by atoms with Gasteiger partial charge < -0.3 is 15.2 Å². The molecule has 0 saturated heterocycles. The summed E-state index contributed by atoms with van der Waals surface area (Å²) in [6.45, 7) is 1.51. The lowest BCUT2D eigenvalue weighted by molar-refractivity contribution is -0.124. The molecule has 4 nitrogen and oxygen atoms in total. The number of nitrogens with one attached hydrogen (secondary N) is 1. The van der Waals surface area contributed by atoms with Gasteiger partial charge in [0, 0.05) is 5.02 Å². The van der Waals surface area contributed by atoms with Gasteiger partial charge in [0.05, 0.1) is 11.6 Å². The van der Waals surface area contributed by atoms with E-state index in [0.29, 0.717) is 15.8 Å². The predicted molar refractivity (Wildman–Crippen MR) is 91.0 cm³/mol. The van der Waals surface area contributed by atoms with E-state index in [2.05, 4.69) is 5.32 Å². The van der Waals surface area contributed by atoms with Crippen molar-refractivity contribution in [3.8, 4) is 5.75 Å². The van der Waals surface area contributed by atoms with Crippen LogP contribution >= 0.6 is 23.2 Å². The Morgan fingerprint density at radius 3 is 2.57 bits per heavy atom. The van der Waals surface area contributed by atoms with Crippen LogP contribution in [0.1, 0.15) is 12.5 Å². The molecule has 2 aromatic carbocycles. The first kappa shape index (κ1) is 17.6. The van der Waals surface area contributed by atoms with E-state index in [-0.39, 0.29) is 19.1 Å². The number of rotatable bonds is 6. The number of aliphatic hydroxyl groups is 1. The van der Waals surface area contributed by atoms with Gasteiger partial charge in [-0.05, 0) is 30.7 Å². The normalized spacial score (nSPS) is 13.2. The maximum Gasteiger partial charge on any atom is 0.258 e. The molecule has 0 aromatic heterocycles. The summed E-state index contributed by atoms with van der Waals surface area (Å²) in [5, 5.41) is 13.9. The van der Waals surface area contributed by atoms with Crippen LogP contribution in [-0.4, -0.2) is 24.2 Å². The zero-order valence-corrected chi connectivity index (χ0v) is 14.1. The summed E-state index contributed by atoms with van der Waals surface area (Å²) in [5.41, 5.74) is -0.434. The fourth-order valence-electron chi connectivity index (χ4n) is 1.96. The number of hydrogen-bond acceptors (Lipinski definition) is 3. The molecular weight excluding hydrogens is 337 g/mol. The Labute approximate surface area is 145 Å². The van der Waals surface area contributed by atoms with Crippen LogP contribution < -0.4 is 10.1 Å². The van der Waals surface area contributed by atoms with Crippen LogP contribution in [0.5, 0.6) is 5.75 Å². The van der Waals surface area contributed by atoms with Crippen molar-refractivity contribution in [2.24, 2.45) is 0 Å². The smallest absolute Gasteiger partial charge is 0.258 e. The Morgan fingerprint density at radius 2 is 1.91 bits per heavy atom. The summed E-state index contributed by atoms with van der Waals surface area (Å²) in [5.74, 6) is 0.0215. The third kappa shape index (κ3) is 5.13. The molecule has 0 spiro atoms. The Balaban J connectivity index is 1.85. The zero-order valence-electron chi connectivity index (χ0n) is 12.6. The van der Waals surface area contributed by atoms with Gasteiger partial charge in [-0.3, -0.25) is 4.79 Å². The molecule has 2 N–H and O–H groups in total. The molecule has 0 radical (unpaired) electrons. The molecule has 23 heavy (non-hydrogen) atoms. The molecule has 1 amide bonds. The van der Waals surface area contributed by atoms with E-state index >= 15 is 0 Å². The van der Waals surface area contributed by atoms with Crippen molar-refractivity contribution in [2.45, 2.75) is 12.5 Å². The van der Waals surface area contributed by atoms with Crippen LogP contribution in [0.4, 0.5) is 0 Å². The van der Waals surface area contributed by atoms with E-state index < -0.39 is 5.60 Å². The number of halogens is 2. The molecule has 0 bridgehead atoms. The van der Waals surface area contributed by atoms with Gasteiger partial charge >= 0.3 is 0 Å². The quantitative estimate of drug-likeness (QED) is 0.836. The zero-order chi connectivity index (χ0) is 16.9. The number of benzene rings is 2. The summed E-state index contributed by atoms with van der Waals surface area (Å²) in [4.78, 5) is 11.9. The first-order valence-electron chi connectivity index (χ1n) is 7.01. The van der Waals surface area contributed by atoms with Crippen molar-refractivity contribution in [3.05, 3.63) is 64.1 Å². The Morgan fingerprint density at radius 1 is 1.22 bits per heavy atom. The van der Waals surface area contributed by atoms with E-state index in [1.54, 1.807) is 31.2 Å². The number of carbonyl (C=O) groups excluding carboxylic acids is 1. The second kappa shape index (κ2) is 7.68. The van der Waals surface area contributed by atoms with Gasteiger partial charge in [-0.25, -0.2) is 0 Å². The average Bonchev–Trinajstić information content (AvgIpc) is 2.53. The lowest BCUT2D eigenvalue weighted by Gasteiger charge is -2.24. The van der Waals surface area contributed by atoms with Crippen LogP contribution in [0.15, 0.2) is 48.5 Å². The number of ether oxygens (including phenoxy) is 1. The maximum atomic E-state index is 11.9. The van der Waals surface area contributed by atoms with Crippen molar-refractivity contribution >= 4 is 29.1 Å². The summed E-state index contributed by atoms with van der Waals surface area (Å²) in [6.07, 6.45) is 0. The highest BCUT2D eigenvalue weighted by molar-refractivity contribution is 6.35. The third-order valence-electron chi connectivity index (χ3n) is 3.28.